The summed E-state index contributed by atoms with van der Waals surface area (Å²) in [4.78, 5) is 14.6. The van der Waals surface area contributed by atoms with Gasteiger partial charge in [0.05, 0.1) is 6.61 Å². The number of likely N-dealkylation sites (N-methyl/N-ethyl adjacent to an activating group) is 1. The minimum atomic E-state index is -0.601. The lowest BCUT2D eigenvalue weighted by Gasteiger charge is -2.42. The van der Waals surface area contributed by atoms with Crippen LogP contribution in [0.4, 0.5) is 0 Å². The average Bonchev–Trinajstić information content (AvgIpc) is 2.35. The maximum Gasteiger partial charge on any atom is 0.327 e. The van der Waals surface area contributed by atoms with Crippen molar-refractivity contribution in [2.24, 2.45) is 5.92 Å². The summed E-state index contributed by atoms with van der Waals surface area (Å²) >= 11 is 0. The fraction of sp³-hybridized carbons (Fsp3) is 0.933. The van der Waals surface area contributed by atoms with Crippen molar-refractivity contribution in [2.45, 2.75) is 59.0 Å². The van der Waals surface area contributed by atoms with E-state index in [1.54, 1.807) is 0 Å². The van der Waals surface area contributed by atoms with E-state index >= 15 is 0 Å². The molecule has 0 saturated carbocycles. The predicted molar refractivity (Wildman–Crippen MR) is 78.1 cm³/mol. The van der Waals surface area contributed by atoms with E-state index < -0.39 is 5.54 Å². The Morgan fingerprint density at radius 1 is 1.42 bits per heavy atom. The number of carbonyl (C=O) groups is 1. The van der Waals surface area contributed by atoms with Crippen LogP contribution in [0, 0.1) is 5.92 Å². The Balaban J connectivity index is 2.74. The highest BCUT2D eigenvalue weighted by molar-refractivity contribution is 5.80. The molecule has 1 rings (SSSR count). The number of hydrogen-bond acceptors (Lipinski definition) is 4. The van der Waals surface area contributed by atoms with Crippen LogP contribution in [0.2, 0.25) is 0 Å². The van der Waals surface area contributed by atoms with Crippen LogP contribution in [-0.4, -0.2) is 48.7 Å². The van der Waals surface area contributed by atoms with Crippen molar-refractivity contribution in [1.82, 2.24) is 10.2 Å². The molecular formula is C15H30N2O2. The van der Waals surface area contributed by atoms with E-state index in [9.17, 15) is 4.79 Å². The molecule has 112 valence electrons. The summed E-state index contributed by atoms with van der Waals surface area (Å²) in [6.45, 7) is 13.4. The van der Waals surface area contributed by atoms with Crippen molar-refractivity contribution in [1.29, 1.82) is 0 Å². The van der Waals surface area contributed by atoms with Gasteiger partial charge in [-0.05, 0) is 52.6 Å². The normalized spacial score (nSPS) is 27.8. The van der Waals surface area contributed by atoms with Crippen LogP contribution < -0.4 is 5.32 Å². The average molecular weight is 270 g/mol. The number of piperidine rings is 1. The lowest BCUT2D eigenvalue weighted by atomic mass is 9.90. The molecular weight excluding hydrogens is 240 g/mol. The largest absolute Gasteiger partial charge is 0.465 e. The Morgan fingerprint density at radius 3 is 2.68 bits per heavy atom. The monoisotopic (exact) mass is 270 g/mol. The molecule has 19 heavy (non-hydrogen) atoms. The van der Waals surface area contributed by atoms with Crippen molar-refractivity contribution in [3.05, 3.63) is 0 Å². The van der Waals surface area contributed by atoms with E-state index in [1.807, 2.05) is 20.8 Å². The fourth-order valence-corrected chi connectivity index (χ4v) is 2.92. The number of carbonyl (C=O) groups excluding carboxylic acids is 1. The van der Waals surface area contributed by atoms with Gasteiger partial charge >= 0.3 is 5.97 Å². The van der Waals surface area contributed by atoms with E-state index in [2.05, 4.69) is 24.1 Å². The summed E-state index contributed by atoms with van der Waals surface area (Å²) in [5.41, 5.74) is -0.601. The molecule has 1 saturated heterocycles. The zero-order valence-corrected chi connectivity index (χ0v) is 13.2. The summed E-state index contributed by atoms with van der Waals surface area (Å²) < 4.78 is 5.24. The molecule has 4 nitrogen and oxygen atoms in total. The highest BCUT2D eigenvalue weighted by Crippen LogP contribution is 2.24. The van der Waals surface area contributed by atoms with Crippen molar-refractivity contribution in [3.63, 3.8) is 0 Å². The molecule has 0 bridgehead atoms. The molecule has 1 heterocycles. The Labute approximate surface area is 117 Å². The van der Waals surface area contributed by atoms with Gasteiger partial charge in [-0.15, -0.1) is 0 Å². The summed E-state index contributed by atoms with van der Waals surface area (Å²) in [5.74, 6) is 0.559. The number of nitrogens with zero attached hydrogens (tertiary/aromatic N) is 1. The van der Waals surface area contributed by atoms with Crippen LogP contribution in [0.5, 0.6) is 0 Å². The van der Waals surface area contributed by atoms with E-state index in [0.717, 1.165) is 19.6 Å². The molecule has 0 amide bonds. The van der Waals surface area contributed by atoms with Crippen LogP contribution in [0.15, 0.2) is 0 Å². The molecule has 0 aromatic carbocycles. The number of ether oxygens (including phenoxy) is 1. The standard InChI is InChI=1S/C15H30N2O2/c1-6-16-15(5,14(18)19-7-2)11-17-10-8-9-12(3)13(17)4/h12-13,16H,6-11H2,1-5H3. The molecule has 1 fully saturated rings. The minimum absolute atomic E-state index is 0.137. The van der Waals surface area contributed by atoms with Gasteiger partial charge < -0.3 is 10.1 Å². The van der Waals surface area contributed by atoms with Gasteiger partial charge in [-0.2, -0.15) is 0 Å². The van der Waals surface area contributed by atoms with Crippen molar-refractivity contribution in [2.75, 3.05) is 26.2 Å². The summed E-state index contributed by atoms with van der Waals surface area (Å²) in [5, 5.41) is 3.31. The molecule has 3 unspecified atom stereocenters. The summed E-state index contributed by atoms with van der Waals surface area (Å²) in [6, 6.07) is 0.529. The smallest absolute Gasteiger partial charge is 0.327 e. The quantitative estimate of drug-likeness (QED) is 0.750. The first-order valence-electron chi connectivity index (χ1n) is 7.61. The van der Waals surface area contributed by atoms with Gasteiger partial charge in [-0.1, -0.05) is 13.8 Å². The van der Waals surface area contributed by atoms with E-state index in [1.165, 1.54) is 12.8 Å². The maximum atomic E-state index is 12.2. The van der Waals surface area contributed by atoms with Crippen LogP contribution in [0.3, 0.4) is 0 Å². The lowest BCUT2D eigenvalue weighted by molar-refractivity contribution is -0.152. The highest BCUT2D eigenvalue weighted by atomic mass is 16.5. The second-order valence-electron chi connectivity index (χ2n) is 5.91. The number of hydrogen-bond donors (Lipinski definition) is 1. The zero-order valence-electron chi connectivity index (χ0n) is 13.2. The topological polar surface area (TPSA) is 41.6 Å². The fourth-order valence-electron chi connectivity index (χ4n) is 2.92. The number of esters is 1. The predicted octanol–water partition coefficient (Wildman–Crippen LogP) is 2.04. The lowest BCUT2D eigenvalue weighted by Crippen LogP contribution is -2.60. The molecule has 0 radical (unpaired) electrons. The molecule has 1 aliphatic heterocycles. The van der Waals surface area contributed by atoms with E-state index in [-0.39, 0.29) is 5.97 Å². The molecule has 3 atom stereocenters. The highest BCUT2D eigenvalue weighted by Gasteiger charge is 2.38. The van der Waals surface area contributed by atoms with Gasteiger partial charge in [0.2, 0.25) is 0 Å². The third-order valence-electron chi connectivity index (χ3n) is 4.32. The van der Waals surface area contributed by atoms with Gasteiger partial charge in [0.1, 0.15) is 5.54 Å². The first-order valence-corrected chi connectivity index (χ1v) is 7.61. The molecule has 1 N–H and O–H groups in total. The molecule has 0 aliphatic carbocycles. The first-order chi connectivity index (χ1) is 8.94. The molecule has 4 heteroatoms. The SMILES string of the molecule is CCNC(C)(CN1CCCC(C)C1C)C(=O)OCC. The Hall–Kier alpha value is -0.610. The Morgan fingerprint density at radius 2 is 2.11 bits per heavy atom. The summed E-state index contributed by atoms with van der Waals surface area (Å²) in [6.07, 6.45) is 2.51. The summed E-state index contributed by atoms with van der Waals surface area (Å²) in [7, 11) is 0. The number of nitrogens with one attached hydrogen (secondary N) is 1. The second-order valence-corrected chi connectivity index (χ2v) is 5.91. The van der Waals surface area contributed by atoms with Gasteiger partial charge in [-0.25, -0.2) is 0 Å². The second kappa shape index (κ2) is 7.25. The molecule has 0 aromatic rings. The van der Waals surface area contributed by atoms with Crippen molar-refractivity contribution in [3.8, 4) is 0 Å². The van der Waals surface area contributed by atoms with E-state index in [0.29, 0.717) is 18.6 Å². The maximum absolute atomic E-state index is 12.2. The minimum Gasteiger partial charge on any atom is -0.465 e. The van der Waals surface area contributed by atoms with Gasteiger partial charge in [0.25, 0.3) is 0 Å². The Kier molecular flexibility index (Phi) is 6.27. The van der Waals surface area contributed by atoms with Crippen LogP contribution in [0.1, 0.15) is 47.5 Å². The van der Waals surface area contributed by atoms with Crippen molar-refractivity contribution >= 4 is 5.97 Å². The number of likely N-dealkylation sites (tertiary alicyclic amines) is 1. The molecule has 1 aliphatic rings. The van der Waals surface area contributed by atoms with Crippen LogP contribution in [-0.2, 0) is 9.53 Å². The third-order valence-corrected chi connectivity index (χ3v) is 4.32. The van der Waals surface area contributed by atoms with Crippen molar-refractivity contribution < 1.29 is 9.53 Å². The zero-order chi connectivity index (χ0) is 14.5. The third kappa shape index (κ3) is 4.18. The first kappa shape index (κ1) is 16.4. The molecule has 0 spiro atoms. The molecule has 0 aromatic heterocycles. The Bertz CT molecular complexity index is 296. The van der Waals surface area contributed by atoms with E-state index in [4.69, 9.17) is 4.74 Å². The van der Waals surface area contributed by atoms with Gasteiger partial charge in [0, 0.05) is 12.6 Å². The van der Waals surface area contributed by atoms with Gasteiger partial charge in [-0.3, -0.25) is 9.69 Å². The van der Waals surface area contributed by atoms with Crippen LogP contribution in [0.25, 0.3) is 0 Å². The van der Waals surface area contributed by atoms with Gasteiger partial charge in [0.15, 0.2) is 0 Å². The number of rotatable bonds is 6. The van der Waals surface area contributed by atoms with Crippen LogP contribution >= 0.6 is 0 Å².